The van der Waals surface area contributed by atoms with Crippen molar-refractivity contribution in [1.82, 2.24) is 14.5 Å². The Balaban J connectivity index is 0.000000686. The number of fused-ring (bicyclic) bond motifs is 1. The van der Waals surface area contributed by atoms with Crippen LogP contribution in [0.15, 0.2) is 12.5 Å². The van der Waals surface area contributed by atoms with E-state index < -0.39 is 0 Å². The first-order chi connectivity index (χ1) is 8.24. The number of rotatable bonds is 3. The Morgan fingerprint density at radius 3 is 2.71 bits per heavy atom. The molecule has 0 radical (unpaired) electrons. The summed E-state index contributed by atoms with van der Waals surface area (Å²) >= 11 is 7.86. The number of aromatic nitrogens is 3. The third-order valence-electron chi connectivity index (χ3n) is 2.33. The van der Waals surface area contributed by atoms with E-state index in [-0.39, 0.29) is 0 Å². The minimum Gasteiger partial charge on any atom is -0.331 e. The van der Waals surface area contributed by atoms with E-state index in [0.717, 1.165) is 28.9 Å². The third-order valence-corrected chi connectivity index (χ3v) is 3.21. The van der Waals surface area contributed by atoms with Gasteiger partial charge in [0.05, 0.1) is 5.39 Å². The third kappa shape index (κ3) is 3.13. The largest absolute Gasteiger partial charge is 0.331 e. The minimum atomic E-state index is 0.542. The predicted octanol–water partition coefficient (Wildman–Crippen LogP) is 3.78. The molecule has 0 unspecified atom stereocenters. The maximum Gasteiger partial charge on any atom is 0.145 e. The monoisotopic (exact) mass is 271 g/mol. The SMILES string of the molecule is CC.CSCCn1cc(C)c2c(Cl)ncnc21. The molecule has 2 aromatic rings. The maximum atomic E-state index is 6.04. The van der Waals surface area contributed by atoms with Crippen molar-refractivity contribution in [3.8, 4) is 0 Å². The zero-order valence-corrected chi connectivity index (χ0v) is 12.3. The molecule has 2 aromatic heterocycles. The number of hydrogen-bond donors (Lipinski definition) is 0. The molecule has 94 valence electrons. The predicted molar refractivity (Wildman–Crippen MR) is 77.0 cm³/mol. The fourth-order valence-electron chi connectivity index (χ4n) is 1.63. The zero-order chi connectivity index (χ0) is 12.8. The van der Waals surface area contributed by atoms with Crippen molar-refractivity contribution >= 4 is 34.4 Å². The summed E-state index contributed by atoms with van der Waals surface area (Å²) in [6, 6.07) is 0. The summed E-state index contributed by atoms with van der Waals surface area (Å²) < 4.78 is 2.13. The van der Waals surface area contributed by atoms with Crippen LogP contribution in [0.5, 0.6) is 0 Å². The maximum absolute atomic E-state index is 6.04. The fourth-order valence-corrected chi connectivity index (χ4v) is 2.29. The van der Waals surface area contributed by atoms with Gasteiger partial charge < -0.3 is 4.57 Å². The van der Waals surface area contributed by atoms with Crippen LogP contribution in [0.25, 0.3) is 11.0 Å². The van der Waals surface area contributed by atoms with E-state index in [9.17, 15) is 0 Å². The van der Waals surface area contributed by atoms with Crippen molar-refractivity contribution in [1.29, 1.82) is 0 Å². The number of aryl methyl sites for hydroxylation is 2. The molecule has 2 heterocycles. The molecule has 2 rings (SSSR count). The zero-order valence-electron chi connectivity index (χ0n) is 10.7. The molecule has 0 spiro atoms. The quantitative estimate of drug-likeness (QED) is 0.796. The van der Waals surface area contributed by atoms with Gasteiger partial charge in [-0.2, -0.15) is 11.8 Å². The van der Waals surface area contributed by atoms with Crippen LogP contribution in [0, 0.1) is 6.92 Å². The van der Waals surface area contributed by atoms with Crippen LogP contribution in [0.1, 0.15) is 19.4 Å². The van der Waals surface area contributed by atoms with Crippen molar-refractivity contribution in [2.75, 3.05) is 12.0 Å². The van der Waals surface area contributed by atoms with Crippen molar-refractivity contribution in [3.63, 3.8) is 0 Å². The highest BCUT2D eigenvalue weighted by Crippen LogP contribution is 2.24. The molecule has 0 bridgehead atoms. The van der Waals surface area contributed by atoms with E-state index in [4.69, 9.17) is 11.6 Å². The van der Waals surface area contributed by atoms with Crippen molar-refractivity contribution < 1.29 is 0 Å². The first-order valence-electron chi connectivity index (χ1n) is 5.69. The van der Waals surface area contributed by atoms with Gasteiger partial charge in [-0.3, -0.25) is 0 Å². The second kappa shape index (κ2) is 6.87. The Kier molecular flexibility index (Phi) is 5.78. The summed E-state index contributed by atoms with van der Waals surface area (Å²) in [4.78, 5) is 8.27. The van der Waals surface area contributed by atoms with Crippen LogP contribution < -0.4 is 0 Å². The molecule has 3 nitrogen and oxygen atoms in total. The molecular weight excluding hydrogens is 254 g/mol. The van der Waals surface area contributed by atoms with Crippen LogP contribution in [0.2, 0.25) is 5.15 Å². The first-order valence-corrected chi connectivity index (χ1v) is 7.46. The summed E-state index contributed by atoms with van der Waals surface area (Å²) in [7, 11) is 0. The van der Waals surface area contributed by atoms with Gasteiger partial charge in [-0.05, 0) is 18.7 Å². The van der Waals surface area contributed by atoms with Crippen molar-refractivity contribution in [2.45, 2.75) is 27.3 Å². The molecule has 0 saturated carbocycles. The van der Waals surface area contributed by atoms with E-state index in [1.807, 2.05) is 32.5 Å². The number of nitrogens with zero attached hydrogens (tertiary/aromatic N) is 3. The van der Waals surface area contributed by atoms with Crippen LogP contribution in [-0.2, 0) is 6.54 Å². The lowest BCUT2D eigenvalue weighted by atomic mass is 10.3. The average molecular weight is 272 g/mol. The molecule has 0 atom stereocenters. The van der Waals surface area contributed by atoms with Gasteiger partial charge in [-0.15, -0.1) is 0 Å². The Bertz CT molecular complexity index is 482. The highest BCUT2D eigenvalue weighted by atomic mass is 35.5. The Hall–Kier alpha value is -0.740. The molecule has 0 saturated heterocycles. The van der Waals surface area contributed by atoms with Crippen molar-refractivity contribution in [2.24, 2.45) is 0 Å². The molecule has 0 aliphatic heterocycles. The Labute approximate surface area is 112 Å². The summed E-state index contributed by atoms with van der Waals surface area (Å²) in [5.41, 5.74) is 2.07. The molecule has 0 aliphatic rings. The lowest BCUT2D eigenvalue weighted by Gasteiger charge is -2.02. The normalized spacial score (nSPS) is 10.2. The van der Waals surface area contributed by atoms with Gasteiger partial charge in [0, 0.05) is 18.5 Å². The molecule has 5 heteroatoms. The summed E-state index contributed by atoms with van der Waals surface area (Å²) in [5, 5.41) is 1.51. The van der Waals surface area contributed by atoms with Gasteiger partial charge in [0.15, 0.2) is 0 Å². The molecule has 0 aromatic carbocycles. The summed E-state index contributed by atoms with van der Waals surface area (Å²) in [6.07, 6.45) is 5.70. The smallest absolute Gasteiger partial charge is 0.145 e. The Morgan fingerprint density at radius 2 is 2.06 bits per heavy atom. The average Bonchev–Trinajstić information content (AvgIpc) is 2.68. The van der Waals surface area contributed by atoms with Crippen LogP contribution in [0.4, 0.5) is 0 Å². The van der Waals surface area contributed by atoms with Gasteiger partial charge >= 0.3 is 0 Å². The van der Waals surface area contributed by atoms with Crippen LogP contribution in [-0.4, -0.2) is 26.5 Å². The van der Waals surface area contributed by atoms with Gasteiger partial charge in [-0.1, -0.05) is 25.4 Å². The van der Waals surface area contributed by atoms with Crippen LogP contribution in [0.3, 0.4) is 0 Å². The van der Waals surface area contributed by atoms with Gasteiger partial charge in [0.2, 0.25) is 0 Å². The number of thioether (sulfide) groups is 1. The van der Waals surface area contributed by atoms with Gasteiger partial charge in [0.1, 0.15) is 17.1 Å². The van der Waals surface area contributed by atoms with Crippen molar-refractivity contribution in [3.05, 3.63) is 23.2 Å². The lowest BCUT2D eigenvalue weighted by molar-refractivity contribution is 0.794. The highest BCUT2D eigenvalue weighted by Gasteiger charge is 2.10. The molecular formula is C12H18ClN3S. The first kappa shape index (κ1) is 14.3. The minimum absolute atomic E-state index is 0.542. The molecule has 0 fully saturated rings. The summed E-state index contributed by atoms with van der Waals surface area (Å²) in [5.74, 6) is 1.07. The standard InChI is InChI=1S/C10H12ClN3S.C2H6/c1-7-5-14(3-4-15-2)10-8(7)9(11)12-6-13-10;1-2/h5-6H,3-4H2,1-2H3;1-2H3. The van der Waals surface area contributed by atoms with E-state index in [1.54, 1.807) is 0 Å². The number of halogens is 1. The molecule has 0 amide bonds. The second-order valence-corrected chi connectivity index (χ2v) is 4.71. The molecule has 17 heavy (non-hydrogen) atoms. The van der Waals surface area contributed by atoms with E-state index >= 15 is 0 Å². The van der Waals surface area contributed by atoms with E-state index in [2.05, 4.69) is 27.0 Å². The fraction of sp³-hybridized carbons (Fsp3) is 0.500. The summed E-state index contributed by atoms with van der Waals surface area (Å²) in [6.45, 7) is 6.99. The van der Waals surface area contributed by atoms with Crippen LogP contribution >= 0.6 is 23.4 Å². The lowest BCUT2D eigenvalue weighted by Crippen LogP contribution is -1.99. The number of hydrogen-bond acceptors (Lipinski definition) is 3. The van der Waals surface area contributed by atoms with E-state index in [1.165, 1.54) is 6.33 Å². The molecule has 0 N–H and O–H groups in total. The topological polar surface area (TPSA) is 30.7 Å². The second-order valence-electron chi connectivity index (χ2n) is 3.36. The van der Waals surface area contributed by atoms with Gasteiger partial charge in [-0.25, -0.2) is 9.97 Å². The van der Waals surface area contributed by atoms with Gasteiger partial charge in [0.25, 0.3) is 0 Å². The Morgan fingerprint density at radius 1 is 1.35 bits per heavy atom. The highest BCUT2D eigenvalue weighted by molar-refractivity contribution is 7.98. The molecule has 0 aliphatic carbocycles. The van der Waals surface area contributed by atoms with E-state index in [0.29, 0.717) is 5.15 Å².